The zero-order chi connectivity index (χ0) is 13.0. The van der Waals surface area contributed by atoms with Crippen molar-refractivity contribution in [3.05, 3.63) is 34.9 Å². The predicted octanol–water partition coefficient (Wildman–Crippen LogP) is 3.17. The molecular formula is C14H21ClN2S. The van der Waals surface area contributed by atoms with Gasteiger partial charge in [-0.3, -0.25) is 0 Å². The summed E-state index contributed by atoms with van der Waals surface area (Å²) in [6, 6.07) is 8.00. The Labute approximate surface area is 119 Å². The second kappa shape index (κ2) is 6.80. The third kappa shape index (κ3) is 4.16. The van der Waals surface area contributed by atoms with E-state index in [9.17, 15) is 0 Å². The summed E-state index contributed by atoms with van der Waals surface area (Å²) in [4.78, 5) is 2.52. The Balaban J connectivity index is 1.80. The van der Waals surface area contributed by atoms with Crippen LogP contribution < -0.4 is 5.73 Å². The molecule has 1 aliphatic heterocycles. The van der Waals surface area contributed by atoms with Crippen LogP contribution in [0.15, 0.2) is 24.3 Å². The first-order valence-electron chi connectivity index (χ1n) is 6.50. The number of thioether (sulfide) groups is 1. The highest BCUT2D eigenvalue weighted by Crippen LogP contribution is 2.21. The summed E-state index contributed by atoms with van der Waals surface area (Å²) in [7, 11) is 0. The van der Waals surface area contributed by atoms with Crippen molar-refractivity contribution in [1.29, 1.82) is 0 Å². The minimum atomic E-state index is 0.118. The fourth-order valence-corrected chi connectivity index (χ4v) is 3.50. The molecule has 0 saturated carbocycles. The second-order valence-corrected chi connectivity index (χ2v) is 6.91. The number of nitrogens with zero attached hydrogens (tertiary/aromatic N) is 1. The van der Waals surface area contributed by atoms with Gasteiger partial charge in [-0.2, -0.15) is 11.8 Å². The van der Waals surface area contributed by atoms with E-state index in [1.807, 2.05) is 24.3 Å². The van der Waals surface area contributed by atoms with Crippen molar-refractivity contribution in [2.45, 2.75) is 24.6 Å². The largest absolute Gasteiger partial charge is 0.324 e. The zero-order valence-electron chi connectivity index (χ0n) is 10.8. The standard InChI is InChI=1S/C14H21ClN2S/c1-11-10-17(8-9-18-11)7-6-14(16)12-2-4-13(15)5-3-12/h2-5,11,14H,6-10,16H2,1H3. The predicted molar refractivity (Wildman–Crippen MR) is 81.4 cm³/mol. The fourth-order valence-electron chi connectivity index (χ4n) is 2.29. The van der Waals surface area contributed by atoms with E-state index < -0.39 is 0 Å². The maximum absolute atomic E-state index is 6.22. The summed E-state index contributed by atoms with van der Waals surface area (Å²) < 4.78 is 0. The van der Waals surface area contributed by atoms with Gasteiger partial charge in [-0.05, 0) is 24.1 Å². The molecule has 1 aromatic rings. The first kappa shape index (κ1) is 14.2. The summed E-state index contributed by atoms with van der Waals surface area (Å²) in [5.41, 5.74) is 7.40. The first-order valence-corrected chi connectivity index (χ1v) is 7.93. The van der Waals surface area contributed by atoms with E-state index in [1.165, 1.54) is 24.4 Å². The number of hydrogen-bond donors (Lipinski definition) is 1. The van der Waals surface area contributed by atoms with E-state index in [4.69, 9.17) is 17.3 Å². The lowest BCUT2D eigenvalue weighted by Gasteiger charge is -2.31. The Morgan fingerprint density at radius 1 is 1.44 bits per heavy atom. The molecule has 2 nitrogen and oxygen atoms in total. The summed E-state index contributed by atoms with van der Waals surface area (Å²) >= 11 is 7.95. The molecule has 0 bridgehead atoms. The van der Waals surface area contributed by atoms with Crippen LogP contribution in [0.2, 0.25) is 5.02 Å². The number of rotatable bonds is 4. The van der Waals surface area contributed by atoms with Gasteiger partial charge in [0.15, 0.2) is 0 Å². The molecule has 100 valence electrons. The maximum atomic E-state index is 6.22. The highest BCUT2D eigenvalue weighted by atomic mass is 35.5. The van der Waals surface area contributed by atoms with Crippen LogP contribution in [0, 0.1) is 0 Å². The van der Waals surface area contributed by atoms with E-state index in [0.29, 0.717) is 0 Å². The van der Waals surface area contributed by atoms with Crippen molar-refractivity contribution >= 4 is 23.4 Å². The molecule has 1 aliphatic rings. The fraction of sp³-hybridized carbons (Fsp3) is 0.571. The van der Waals surface area contributed by atoms with Crippen molar-refractivity contribution in [2.24, 2.45) is 5.73 Å². The third-order valence-corrected chi connectivity index (χ3v) is 4.77. The molecule has 1 aromatic carbocycles. The van der Waals surface area contributed by atoms with E-state index in [0.717, 1.165) is 23.2 Å². The molecule has 1 heterocycles. The van der Waals surface area contributed by atoms with Gasteiger partial charge >= 0.3 is 0 Å². The molecule has 18 heavy (non-hydrogen) atoms. The highest BCUT2D eigenvalue weighted by molar-refractivity contribution is 7.99. The van der Waals surface area contributed by atoms with Gasteiger partial charge in [0.05, 0.1) is 0 Å². The molecule has 1 saturated heterocycles. The minimum Gasteiger partial charge on any atom is -0.324 e. The molecule has 2 atom stereocenters. The number of hydrogen-bond acceptors (Lipinski definition) is 3. The van der Waals surface area contributed by atoms with E-state index in [2.05, 4.69) is 23.6 Å². The average Bonchev–Trinajstić information content (AvgIpc) is 2.37. The van der Waals surface area contributed by atoms with Crippen LogP contribution in [0.25, 0.3) is 0 Å². The van der Waals surface area contributed by atoms with Crippen molar-refractivity contribution in [2.75, 3.05) is 25.4 Å². The van der Waals surface area contributed by atoms with Crippen LogP contribution in [0.4, 0.5) is 0 Å². The zero-order valence-corrected chi connectivity index (χ0v) is 12.4. The van der Waals surface area contributed by atoms with Crippen LogP contribution in [0.5, 0.6) is 0 Å². The molecule has 0 amide bonds. The highest BCUT2D eigenvalue weighted by Gasteiger charge is 2.17. The molecule has 0 spiro atoms. The monoisotopic (exact) mass is 284 g/mol. The Morgan fingerprint density at radius 2 is 2.17 bits per heavy atom. The van der Waals surface area contributed by atoms with Crippen LogP contribution in [-0.4, -0.2) is 35.5 Å². The quantitative estimate of drug-likeness (QED) is 0.921. The Hall–Kier alpha value is -0.220. The molecule has 0 radical (unpaired) electrons. The SMILES string of the molecule is CC1CN(CCC(N)c2ccc(Cl)cc2)CCS1. The lowest BCUT2D eigenvalue weighted by Crippen LogP contribution is -2.38. The Kier molecular flexibility index (Phi) is 5.37. The first-order chi connectivity index (χ1) is 8.65. The van der Waals surface area contributed by atoms with E-state index >= 15 is 0 Å². The van der Waals surface area contributed by atoms with Gasteiger partial charge in [-0.25, -0.2) is 0 Å². The normalized spacial score (nSPS) is 22.9. The summed E-state index contributed by atoms with van der Waals surface area (Å²) in [6.45, 7) is 5.78. The molecule has 2 rings (SSSR count). The average molecular weight is 285 g/mol. The van der Waals surface area contributed by atoms with Gasteiger partial charge in [0.1, 0.15) is 0 Å². The van der Waals surface area contributed by atoms with Crippen LogP contribution in [-0.2, 0) is 0 Å². The second-order valence-electron chi connectivity index (χ2n) is 4.93. The van der Waals surface area contributed by atoms with Gasteiger partial charge in [-0.1, -0.05) is 30.7 Å². The smallest absolute Gasteiger partial charge is 0.0406 e. The number of halogens is 1. The van der Waals surface area contributed by atoms with Crippen LogP contribution in [0.1, 0.15) is 24.9 Å². The van der Waals surface area contributed by atoms with E-state index in [1.54, 1.807) is 0 Å². The summed E-state index contributed by atoms with van der Waals surface area (Å²) in [5.74, 6) is 1.25. The number of nitrogens with two attached hydrogens (primary N) is 1. The van der Waals surface area contributed by atoms with Crippen molar-refractivity contribution < 1.29 is 0 Å². The molecule has 0 aromatic heterocycles. The molecule has 0 aliphatic carbocycles. The summed E-state index contributed by atoms with van der Waals surface area (Å²) in [5, 5.41) is 1.53. The minimum absolute atomic E-state index is 0.118. The molecule has 4 heteroatoms. The van der Waals surface area contributed by atoms with Gasteiger partial charge in [0.2, 0.25) is 0 Å². The summed E-state index contributed by atoms with van der Waals surface area (Å²) in [6.07, 6.45) is 1.01. The van der Waals surface area contributed by atoms with Gasteiger partial charge in [-0.15, -0.1) is 0 Å². The topological polar surface area (TPSA) is 29.3 Å². The van der Waals surface area contributed by atoms with Crippen molar-refractivity contribution in [3.63, 3.8) is 0 Å². The molecule has 1 fully saturated rings. The van der Waals surface area contributed by atoms with E-state index in [-0.39, 0.29) is 6.04 Å². The van der Waals surface area contributed by atoms with Gasteiger partial charge in [0.25, 0.3) is 0 Å². The Morgan fingerprint density at radius 3 is 2.83 bits per heavy atom. The van der Waals surface area contributed by atoms with Gasteiger partial charge < -0.3 is 10.6 Å². The lowest BCUT2D eigenvalue weighted by atomic mass is 10.0. The van der Waals surface area contributed by atoms with Crippen LogP contribution >= 0.6 is 23.4 Å². The number of benzene rings is 1. The van der Waals surface area contributed by atoms with Crippen LogP contribution in [0.3, 0.4) is 0 Å². The van der Waals surface area contributed by atoms with Crippen molar-refractivity contribution in [1.82, 2.24) is 4.90 Å². The van der Waals surface area contributed by atoms with Gasteiger partial charge in [0, 0.05) is 41.7 Å². The molecular weight excluding hydrogens is 264 g/mol. The molecule has 2 unspecified atom stereocenters. The van der Waals surface area contributed by atoms with Crippen molar-refractivity contribution in [3.8, 4) is 0 Å². The lowest BCUT2D eigenvalue weighted by molar-refractivity contribution is 0.275. The molecule has 2 N–H and O–H groups in total. The Bertz CT molecular complexity index is 369. The maximum Gasteiger partial charge on any atom is 0.0406 e. The third-order valence-electron chi connectivity index (χ3n) is 3.38.